The van der Waals surface area contributed by atoms with Gasteiger partial charge in [-0.05, 0) is 28.1 Å². The molecule has 0 aromatic carbocycles. The summed E-state index contributed by atoms with van der Waals surface area (Å²) in [7, 11) is 0. The second kappa shape index (κ2) is 3.86. The van der Waals surface area contributed by atoms with E-state index in [2.05, 4.69) is 36.0 Å². The highest BCUT2D eigenvalue weighted by molar-refractivity contribution is 9.10. The fraction of sp³-hybridized carbons (Fsp3) is 0.300. The summed E-state index contributed by atoms with van der Waals surface area (Å²) in [5.74, 6) is 0.992. The number of pyridine rings is 1. The monoisotopic (exact) mass is 279 g/mol. The van der Waals surface area contributed by atoms with Crippen molar-refractivity contribution in [2.75, 3.05) is 18.0 Å². The van der Waals surface area contributed by atoms with Crippen molar-refractivity contribution in [1.82, 2.24) is 20.0 Å². The maximum absolute atomic E-state index is 4.35. The van der Waals surface area contributed by atoms with Gasteiger partial charge in [0.25, 0.3) is 0 Å². The maximum Gasteiger partial charge on any atom is 0.143 e. The number of anilines is 1. The van der Waals surface area contributed by atoms with Crippen molar-refractivity contribution < 1.29 is 0 Å². The Morgan fingerprint density at radius 2 is 1.94 bits per heavy atom. The van der Waals surface area contributed by atoms with Gasteiger partial charge in [0.15, 0.2) is 0 Å². The summed E-state index contributed by atoms with van der Waals surface area (Å²) < 4.78 is 1.03. The third kappa shape index (κ3) is 1.59. The van der Waals surface area contributed by atoms with Crippen LogP contribution in [0.2, 0.25) is 0 Å². The minimum Gasteiger partial charge on any atom is -0.351 e. The van der Waals surface area contributed by atoms with E-state index in [9.17, 15) is 0 Å². The zero-order valence-electron chi connectivity index (χ0n) is 8.49. The Bertz CT molecular complexity index is 478. The molecule has 0 amide bonds. The van der Waals surface area contributed by atoms with Crippen molar-refractivity contribution >= 4 is 21.7 Å². The van der Waals surface area contributed by atoms with E-state index in [1.807, 2.05) is 12.1 Å². The molecule has 0 bridgehead atoms. The van der Waals surface area contributed by atoms with Crippen LogP contribution >= 0.6 is 15.9 Å². The van der Waals surface area contributed by atoms with Gasteiger partial charge in [-0.1, -0.05) is 0 Å². The van der Waals surface area contributed by atoms with Crippen LogP contribution in [0.15, 0.2) is 35.2 Å². The molecule has 0 aliphatic carbocycles. The number of hydrogen-bond acceptors (Lipinski definition) is 4. The summed E-state index contributed by atoms with van der Waals surface area (Å²) in [5, 5.41) is 8.27. The van der Waals surface area contributed by atoms with E-state index in [1.165, 1.54) is 0 Å². The van der Waals surface area contributed by atoms with Crippen LogP contribution in [0, 0.1) is 0 Å². The van der Waals surface area contributed by atoms with Crippen LogP contribution in [-0.4, -0.2) is 33.1 Å². The van der Waals surface area contributed by atoms with Crippen molar-refractivity contribution in [3.8, 4) is 0 Å². The van der Waals surface area contributed by atoms with Gasteiger partial charge in [0.2, 0.25) is 0 Å². The highest BCUT2D eigenvalue weighted by atomic mass is 79.9. The topological polar surface area (TPSA) is 46.8 Å². The molecule has 16 heavy (non-hydrogen) atoms. The molecule has 0 N–H and O–H groups in total. The molecule has 0 unspecified atom stereocenters. The highest BCUT2D eigenvalue weighted by Crippen LogP contribution is 2.30. The number of hydrogen-bond donors (Lipinski definition) is 0. The van der Waals surface area contributed by atoms with E-state index in [4.69, 9.17) is 0 Å². The van der Waals surface area contributed by atoms with Crippen LogP contribution in [-0.2, 0) is 0 Å². The molecular weight excluding hydrogens is 270 g/mol. The zero-order chi connectivity index (χ0) is 11.0. The molecule has 5 nitrogen and oxygen atoms in total. The van der Waals surface area contributed by atoms with Crippen molar-refractivity contribution in [2.45, 2.75) is 6.04 Å². The first-order valence-electron chi connectivity index (χ1n) is 5.06. The van der Waals surface area contributed by atoms with E-state index in [0.717, 1.165) is 23.4 Å². The fourth-order valence-electron chi connectivity index (χ4n) is 1.80. The molecule has 2 aromatic rings. The van der Waals surface area contributed by atoms with Gasteiger partial charge in [-0.3, -0.25) is 0 Å². The summed E-state index contributed by atoms with van der Waals surface area (Å²) >= 11 is 3.50. The lowest BCUT2D eigenvalue weighted by Crippen LogP contribution is -2.49. The Balaban J connectivity index is 1.72. The predicted molar refractivity (Wildman–Crippen MR) is 63.2 cm³/mol. The van der Waals surface area contributed by atoms with Crippen LogP contribution < -0.4 is 4.90 Å². The summed E-state index contributed by atoms with van der Waals surface area (Å²) in [6.45, 7) is 1.81. The quantitative estimate of drug-likeness (QED) is 0.836. The highest BCUT2D eigenvalue weighted by Gasteiger charge is 2.31. The van der Waals surface area contributed by atoms with Gasteiger partial charge in [-0.2, -0.15) is 15.0 Å². The molecule has 0 spiro atoms. The number of halogens is 1. The minimum absolute atomic E-state index is 0.365. The molecule has 1 fully saturated rings. The lowest BCUT2D eigenvalue weighted by Gasteiger charge is -2.39. The Morgan fingerprint density at radius 1 is 1.19 bits per heavy atom. The number of rotatable bonds is 2. The van der Waals surface area contributed by atoms with E-state index in [1.54, 1.807) is 23.4 Å². The van der Waals surface area contributed by atoms with E-state index in [-0.39, 0.29) is 0 Å². The first-order valence-corrected chi connectivity index (χ1v) is 5.85. The lowest BCUT2D eigenvalue weighted by atomic mass is 10.1. The summed E-state index contributed by atoms with van der Waals surface area (Å²) in [5.41, 5.74) is 0. The molecular formula is C10H10BrN5. The van der Waals surface area contributed by atoms with Gasteiger partial charge in [0, 0.05) is 19.3 Å². The maximum atomic E-state index is 4.35. The van der Waals surface area contributed by atoms with Crippen molar-refractivity contribution in [2.24, 2.45) is 0 Å². The first kappa shape index (κ1) is 9.77. The van der Waals surface area contributed by atoms with Gasteiger partial charge < -0.3 is 4.90 Å². The van der Waals surface area contributed by atoms with Crippen LogP contribution in [0.3, 0.4) is 0 Å². The summed E-state index contributed by atoms with van der Waals surface area (Å²) in [6, 6.07) is 4.28. The van der Waals surface area contributed by atoms with Crippen LogP contribution in [0.25, 0.3) is 0 Å². The van der Waals surface area contributed by atoms with E-state index < -0.39 is 0 Å². The van der Waals surface area contributed by atoms with Crippen molar-refractivity contribution in [1.29, 1.82) is 0 Å². The lowest BCUT2D eigenvalue weighted by molar-refractivity contribution is 0.330. The Hall–Kier alpha value is -1.43. The van der Waals surface area contributed by atoms with Gasteiger partial charge >= 0.3 is 0 Å². The first-order chi connectivity index (χ1) is 7.84. The second-order valence-electron chi connectivity index (χ2n) is 3.72. The molecule has 82 valence electrons. The Labute approximate surface area is 101 Å². The molecule has 2 aromatic heterocycles. The average molecular weight is 280 g/mol. The van der Waals surface area contributed by atoms with E-state index in [0.29, 0.717) is 6.04 Å². The van der Waals surface area contributed by atoms with Gasteiger partial charge in [0.1, 0.15) is 11.9 Å². The molecule has 1 aliphatic heterocycles. The predicted octanol–water partition coefficient (Wildman–Crippen LogP) is 1.50. The van der Waals surface area contributed by atoms with E-state index >= 15 is 0 Å². The Kier molecular flexibility index (Phi) is 2.36. The SMILES string of the molecule is Brc1cccnc1N1CC(n2nccn2)C1. The van der Waals surface area contributed by atoms with Crippen LogP contribution in [0.4, 0.5) is 5.82 Å². The van der Waals surface area contributed by atoms with Crippen molar-refractivity contribution in [3.05, 3.63) is 35.2 Å². The molecule has 1 aliphatic rings. The third-order valence-corrected chi connectivity index (χ3v) is 3.28. The molecule has 1 saturated heterocycles. The third-order valence-electron chi connectivity index (χ3n) is 2.66. The summed E-state index contributed by atoms with van der Waals surface area (Å²) in [4.78, 5) is 8.31. The Morgan fingerprint density at radius 3 is 2.62 bits per heavy atom. The van der Waals surface area contributed by atoms with Crippen molar-refractivity contribution in [3.63, 3.8) is 0 Å². The number of aromatic nitrogens is 4. The second-order valence-corrected chi connectivity index (χ2v) is 4.57. The largest absolute Gasteiger partial charge is 0.351 e. The molecule has 3 heterocycles. The normalized spacial score (nSPS) is 16.2. The molecule has 0 atom stereocenters. The average Bonchev–Trinajstić information content (AvgIpc) is 2.72. The van der Waals surface area contributed by atoms with Crippen LogP contribution in [0.5, 0.6) is 0 Å². The fourth-order valence-corrected chi connectivity index (χ4v) is 2.30. The zero-order valence-corrected chi connectivity index (χ0v) is 10.1. The standard InChI is InChI=1S/C10H10BrN5/c11-9-2-1-3-12-10(9)15-6-8(7-15)16-13-4-5-14-16/h1-5,8H,6-7H2. The molecule has 0 saturated carbocycles. The van der Waals surface area contributed by atoms with Gasteiger partial charge in [0.05, 0.1) is 16.9 Å². The smallest absolute Gasteiger partial charge is 0.143 e. The van der Waals surface area contributed by atoms with Gasteiger partial charge in [-0.25, -0.2) is 4.98 Å². The van der Waals surface area contributed by atoms with Gasteiger partial charge in [-0.15, -0.1) is 0 Å². The minimum atomic E-state index is 0.365. The number of nitrogens with zero attached hydrogens (tertiary/aromatic N) is 5. The molecule has 3 rings (SSSR count). The molecule has 6 heteroatoms. The molecule has 0 radical (unpaired) electrons. The van der Waals surface area contributed by atoms with Crippen LogP contribution in [0.1, 0.15) is 6.04 Å². The summed E-state index contributed by atoms with van der Waals surface area (Å²) in [6.07, 6.45) is 5.22.